The summed E-state index contributed by atoms with van der Waals surface area (Å²) in [5, 5.41) is 9.77. The summed E-state index contributed by atoms with van der Waals surface area (Å²) in [6.07, 6.45) is 3.55. The summed E-state index contributed by atoms with van der Waals surface area (Å²) in [6, 6.07) is 14.1. The van der Waals surface area contributed by atoms with Crippen molar-refractivity contribution in [2.75, 3.05) is 0 Å². The van der Waals surface area contributed by atoms with Crippen molar-refractivity contribution < 1.29 is 14.2 Å². The fourth-order valence-electron chi connectivity index (χ4n) is 2.75. The van der Waals surface area contributed by atoms with Gasteiger partial charge in [0.2, 0.25) is 6.04 Å². The molecule has 0 radical (unpaired) electrons. The van der Waals surface area contributed by atoms with Gasteiger partial charge in [-0.1, -0.05) is 36.4 Å². The molecule has 2 aromatic rings. The minimum absolute atomic E-state index is 0.159. The number of imide groups is 1. The molecule has 1 saturated heterocycles. The summed E-state index contributed by atoms with van der Waals surface area (Å²) in [5.74, 6) is 0.742. The smallest absolute Gasteiger partial charge is 0.286 e. The molecule has 1 aliphatic rings. The molecule has 5 heteroatoms. The Balaban J connectivity index is 2.18. The van der Waals surface area contributed by atoms with Crippen LogP contribution in [0.4, 0.5) is 0 Å². The van der Waals surface area contributed by atoms with Crippen LogP contribution in [0.25, 0.3) is 0 Å². The molecule has 0 bridgehead atoms. The van der Waals surface area contributed by atoms with Gasteiger partial charge in [0, 0.05) is 12.1 Å². The van der Waals surface area contributed by atoms with Crippen LogP contribution in [0.5, 0.6) is 0 Å². The molecule has 0 saturated carbocycles. The lowest BCUT2D eigenvalue weighted by Crippen LogP contribution is -2.57. The number of rotatable bonds is 2. The van der Waals surface area contributed by atoms with Gasteiger partial charge in [-0.15, -0.1) is 0 Å². The van der Waals surface area contributed by atoms with Crippen LogP contribution < -0.4 is 9.88 Å². The molecule has 1 aromatic heterocycles. The third-order valence-corrected chi connectivity index (χ3v) is 3.73. The molecule has 1 aliphatic heterocycles. The first-order valence-corrected chi connectivity index (χ1v) is 6.88. The number of aromatic nitrogens is 1. The topological polar surface area (TPSA) is 73.9 Å². The van der Waals surface area contributed by atoms with E-state index in [0.717, 1.165) is 5.56 Å². The van der Waals surface area contributed by atoms with E-state index in [-0.39, 0.29) is 11.5 Å². The van der Waals surface area contributed by atoms with Crippen LogP contribution in [0.1, 0.15) is 17.5 Å². The number of hydrogen-bond acceptors (Lipinski definition) is 3. The third-order valence-electron chi connectivity index (χ3n) is 3.73. The number of piperidine rings is 1. The molecule has 3 rings (SSSR count). The van der Waals surface area contributed by atoms with Crippen molar-refractivity contribution in [3.8, 4) is 0 Å². The first-order chi connectivity index (χ1) is 10.7. The summed E-state index contributed by atoms with van der Waals surface area (Å²) < 4.78 is 1.75. The lowest BCUT2D eigenvalue weighted by molar-refractivity contribution is -0.711. The summed E-state index contributed by atoms with van der Waals surface area (Å²) in [5.41, 5.74) is 0.967. The molecule has 1 aromatic carbocycles. The zero-order valence-electron chi connectivity index (χ0n) is 11.7. The molecule has 2 unspecified atom stereocenters. The van der Waals surface area contributed by atoms with E-state index in [0.29, 0.717) is 0 Å². The van der Waals surface area contributed by atoms with Crippen molar-refractivity contribution in [3.05, 3.63) is 72.1 Å². The number of carbonyl (C=O) groups excluding carboxylic acids is 2. The molecule has 2 amide bonds. The Bertz CT molecular complexity index is 765. The monoisotopic (exact) mass is 292 g/mol. The van der Waals surface area contributed by atoms with Gasteiger partial charge >= 0.3 is 0 Å². The van der Waals surface area contributed by atoms with Gasteiger partial charge in [-0.05, 0) is 11.4 Å². The van der Waals surface area contributed by atoms with Gasteiger partial charge in [-0.2, -0.15) is 4.57 Å². The van der Waals surface area contributed by atoms with E-state index in [1.165, 1.54) is 0 Å². The normalized spacial score (nSPS) is 21.2. The minimum atomic E-state index is -0.630. The van der Waals surface area contributed by atoms with Crippen LogP contribution in [0, 0.1) is 5.41 Å². The lowest BCUT2D eigenvalue weighted by Gasteiger charge is -2.27. The number of nitrogens with one attached hydrogen (secondary N) is 2. The molecule has 108 valence electrons. The Kier molecular flexibility index (Phi) is 3.64. The fourth-order valence-corrected chi connectivity index (χ4v) is 2.75. The number of amides is 2. The highest BCUT2D eigenvalue weighted by atomic mass is 16.2. The minimum Gasteiger partial charge on any atom is -0.286 e. The number of nitrogens with zero attached hydrogens (tertiary/aromatic N) is 1. The number of benzene rings is 1. The standard InChI is InChI=1S/C17H13N3O2/c18-11-13-14(12-7-3-1-4-8-12)15(17(22)19-16(13)21)20-9-5-2-6-10-20/h1-10,14-15,18H/p+1. The highest BCUT2D eigenvalue weighted by Crippen LogP contribution is 2.34. The molecule has 2 heterocycles. The second kappa shape index (κ2) is 5.76. The Morgan fingerprint density at radius 2 is 1.64 bits per heavy atom. The van der Waals surface area contributed by atoms with Crippen molar-refractivity contribution in [2.24, 2.45) is 0 Å². The summed E-state index contributed by atoms with van der Waals surface area (Å²) in [4.78, 5) is 24.4. The maximum atomic E-state index is 12.4. The van der Waals surface area contributed by atoms with Gasteiger partial charge in [0.15, 0.2) is 12.4 Å². The zero-order chi connectivity index (χ0) is 15.5. The van der Waals surface area contributed by atoms with Gasteiger partial charge in [0.05, 0.1) is 11.5 Å². The van der Waals surface area contributed by atoms with Crippen LogP contribution >= 0.6 is 0 Å². The molecule has 2 N–H and O–H groups in total. The van der Waals surface area contributed by atoms with E-state index in [1.54, 1.807) is 17.0 Å². The third kappa shape index (κ3) is 2.34. The molecular formula is C17H14N3O2+. The predicted octanol–water partition coefficient (Wildman–Crippen LogP) is 1.13. The van der Waals surface area contributed by atoms with Crippen LogP contribution in [-0.2, 0) is 9.59 Å². The number of pyridine rings is 1. The Labute approximate surface area is 127 Å². The summed E-state index contributed by atoms with van der Waals surface area (Å²) in [7, 11) is 0. The average Bonchev–Trinajstić information content (AvgIpc) is 2.56. The lowest BCUT2D eigenvalue weighted by atomic mass is 9.81. The van der Waals surface area contributed by atoms with Gasteiger partial charge in [0.1, 0.15) is 0 Å². The van der Waals surface area contributed by atoms with Gasteiger partial charge in [0.25, 0.3) is 11.8 Å². The molecule has 2 atom stereocenters. The van der Waals surface area contributed by atoms with Crippen molar-refractivity contribution >= 4 is 17.7 Å². The van der Waals surface area contributed by atoms with E-state index in [4.69, 9.17) is 5.41 Å². The van der Waals surface area contributed by atoms with Crippen molar-refractivity contribution in [2.45, 2.75) is 12.0 Å². The maximum Gasteiger partial charge on any atom is 0.296 e. The van der Waals surface area contributed by atoms with Crippen molar-refractivity contribution in [3.63, 3.8) is 0 Å². The first-order valence-electron chi connectivity index (χ1n) is 6.88. The predicted molar refractivity (Wildman–Crippen MR) is 79.2 cm³/mol. The first kappa shape index (κ1) is 13.9. The van der Waals surface area contributed by atoms with Gasteiger partial charge < -0.3 is 0 Å². The van der Waals surface area contributed by atoms with Crippen LogP contribution in [-0.4, -0.2) is 17.7 Å². The van der Waals surface area contributed by atoms with Crippen LogP contribution in [0.15, 0.2) is 66.5 Å². The number of hydrogen-bond donors (Lipinski definition) is 2. The quantitative estimate of drug-likeness (QED) is 0.377. The maximum absolute atomic E-state index is 12.4. The van der Waals surface area contributed by atoms with E-state index in [1.807, 2.05) is 48.5 Å². The Morgan fingerprint density at radius 3 is 2.27 bits per heavy atom. The Hall–Kier alpha value is -3.04. The average molecular weight is 292 g/mol. The molecule has 0 aliphatic carbocycles. The second-order valence-corrected chi connectivity index (χ2v) is 5.01. The van der Waals surface area contributed by atoms with Gasteiger partial charge in [-0.25, -0.2) is 0 Å². The summed E-state index contributed by atoms with van der Waals surface area (Å²) >= 11 is 0. The van der Waals surface area contributed by atoms with E-state index < -0.39 is 17.9 Å². The van der Waals surface area contributed by atoms with Crippen molar-refractivity contribution in [1.82, 2.24) is 5.32 Å². The van der Waals surface area contributed by atoms with E-state index in [2.05, 4.69) is 11.2 Å². The molecular weight excluding hydrogens is 278 g/mol. The molecule has 1 fully saturated rings. The largest absolute Gasteiger partial charge is 0.296 e. The second-order valence-electron chi connectivity index (χ2n) is 5.01. The van der Waals surface area contributed by atoms with Crippen LogP contribution in [0.2, 0.25) is 0 Å². The molecule has 5 nitrogen and oxygen atoms in total. The molecule has 0 spiro atoms. The van der Waals surface area contributed by atoms with E-state index >= 15 is 0 Å². The summed E-state index contributed by atoms with van der Waals surface area (Å²) in [6.45, 7) is 0. The highest BCUT2D eigenvalue weighted by molar-refractivity contribution is 6.13. The number of carbonyl (C=O) groups is 2. The van der Waals surface area contributed by atoms with Crippen LogP contribution in [0.3, 0.4) is 0 Å². The van der Waals surface area contributed by atoms with Gasteiger partial charge in [-0.3, -0.25) is 20.3 Å². The SMILES string of the molecule is N=C=C1C(=O)NC(=O)C([n+]2ccccc2)C1c1ccccc1. The van der Waals surface area contributed by atoms with E-state index in [9.17, 15) is 9.59 Å². The zero-order valence-corrected chi connectivity index (χ0v) is 11.7. The molecule has 22 heavy (non-hydrogen) atoms. The van der Waals surface area contributed by atoms with Crippen molar-refractivity contribution in [1.29, 1.82) is 5.41 Å². The highest BCUT2D eigenvalue weighted by Gasteiger charge is 2.47. The Morgan fingerprint density at radius 1 is 1.00 bits per heavy atom. The fraction of sp³-hybridized carbons (Fsp3) is 0.118.